The maximum absolute atomic E-state index is 12.5. The lowest BCUT2D eigenvalue weighted by molar-refractivity contribution is 0.101. The lowest BCUT2D eigenvalue weighted by Gasteiger charge is -2.11. The number of carbonyl (C=O) groups is 2. The summed E-state index contributed by atoms with van der Waals surface area (Å²) >= 11 is 12.8. The summed E-state index contributed by atoms with van der Waals surface area (Å²) in [4.78, 5) is 25.1. The molecule has 0 saturated heterocycles. The molecule has 0 radical (unpaired) electrons. The van der Waals surface area contributed by atoms with Crippen LogP contribution in [0.3, 0.4) is 0 Å². The van der Waals surface area contributed by atoms with Gasteiger partial charge in [-0.1, -0.05) is 6.07 Å². The number of carbonyl (C=O) groups excluding carboxylic acids is 2. The van der Waals surface area contributed by atoms with Crippen molar-refractivity contribution in [3.63, 3.8) is 0 Å². The highest BCUT2D eigenvalue weighted by atomic mass is 79.9. The van der Waals surface area contributed by atoms with Gasteiger partial charge >= 0.3 is 0 Å². The summed E-state index contributed by atoms with van der Waals surface area (Å²) in [5, 5.41) is 25.1. The number of hydrogen-bond donors (Lipinski definition) is 4. The van der Waals surface area contributed by atoms with E-state index in [1.165, 1.54) is 24.3 Å². The maximum atomic E-state index is 12.5. The molecule has 2 amide bonds. The van der Waals surface area contributed by atoms with Gasteiger partial charge < -0.3 is 20.8 Å². The molecule has 0 aliphatic heterocycles. The summed E-state index contributed by atoms with van der Waals surface area (Å²) in [7, 11) is 0. The van der Waals surface area contributed by atoms with Gasteiger partial charge in [-0.05, 0) is 106 Å². The molecule has 4 N–H and O–H groups in total. The number of phenolic OH excluding ortho intramolecular Hbond substituents is 2. The summed E-state index contributed by atoms with van der Waals surface area (Å²) in [6.45, 7) is 0. The minimum absolute atomic E-state index is 0.00349. The van der Waals surface area contributed by atoms with Crippen molar-refractivity contribution in [3.8, 4) is 11.5 Å². The zero-order valence-electron chi connectivity index (χ0n) is 14.8. The Hall–Kier alpha value is -1.88. The normalized spacial score (nSPS) is 10.5. The van der Waals surface area contributed by atoms with Crippen LogP contribution in [0.2, 0.25) is 0 Å². The summed E-state index contributed by atoms with van der Waals surface area (Å²) in [5.74, 6) is -0.759. The third-order valence-corrected chi connectivity index (χ3v) is 6.35. The molecule has 0 saturated carbocycles. The Morgan fingerprint density at radius 3 is 1.30 bits per heavy atom. The van der Waals surface area contributed by atoms with E-state index in [1.54, 1.807) is 24.3 Å². The van der Waals surface area contributed by atoms with Crippen LogP contribution < -0.4 is 10.6 Å². The lowest BCUT2D eigenvalue weighted by Crippen LogP contribution is -2.14. The number of benzene rings is 3. The fraction of sp³-hybridized carbons (Fsp3) is 0. The van der Waals surface area contributed by atoms with E-state index in [-0.39, 0.29) is 23.3 Å². The first-order valence-electron chi connectivity index (χ1n) is 8.24. The number of nitrogens with one attached hydrogen (secondary N) is 2. The fourth-order valence-corrected chi connectivity index (χ4v) is 4.85. The Morgan fingerprint density at radius 2 is 0.967 bits per heavy atom. The van der Waals surface area contributed by atoms with Crippen LogP contribution in [0, 0.1) is 0 Å². The van der Waals surface area contributed by atoms with Gasteiger partial charge in [0.2, 0.25) is 0 Å². The van der Waals surface area contributed by atoms with Crippen molar-refractivity contribution in [1.29, 1.82) is 0 Å². The molecule has 0 aliphatic rings. The van der Waals surface area contributed by atoms with Crippen molar-refractivity contribution in [1.82, 2.24) is 0 Å². The Labute approximate surface area is 205 Å². The second kappa shape index (κ2) is 9.51. The molecule has 0 fully saturated rings. The van der Waals surface area contributed by atoms with E-state index < -0.39 is 0 Å². The lowest BCUT2D eigenvalue weighted by atomic mass is 10.2. The van der Waals surface area contributed by atoms with Gasteiger partial charge in [0.05, 0.1) is 17.9 Å². The van der Waals surface area contributed by atoms with Gasteiger partial charge in [0.25, 0.3) is 11.8 Å². The molecule has 0 aromatic heterocycles. The average molecular weight is 664 g/mol. The first kappa shape index (κ1) is 22.8. The van der Waals surface area contributed by atoms with Crippen LogP contribution in [0.5, 0.6) is 11.5 Å². The Morgan fingerprint density at radius 1 is 0.633 bits per heavy atom. The van der Waals surface area contributed by atoms with Crippen LogP contribution in [0.1, 0.15) is 20.7 Å². The van der Waals surface area contributed by atoms with E-state index in [9.17, 15) is 19.8 Å². The van der Waals surface area contributed by atoms with Crippen LogP contribution in [0.25, 0.3) is 0 Å². The number of anilines is 2. The highest BCUT2D eigenvalue weighted by molar-refractivity contribution is 9.11. The van der Waals surface area contributed by atoms with E-state index >= 15 is 0 Å². The summed E-state index contributed by atoms with van der Waals surface area (Å²) in [5.41, 5.74) is 1.62. The van der Waals surface area contributed by atoms with E-state index in [0.717, 1.165) is 0 Å². The van der Waals surface area contributed by atoms with Crippen LogP contribution in [-0.4, -0.2) is 22.0 Å². The van der Waals surface area contributed by atoms with E-state index in [4.69, 9.17) is 0 Å². The smallest absolute Gasteiger partial charge is 0.255 e. The second-order valence-corrected chi connectivity index (χ2v) is 9.48. The van der Waals surface area contributed by atoms with Gasteiger partial charge in [-0.25, -0.2) is 0 Å². The molecule has 6 nitrogen and oxygen atoms in total. The number of amides is 2. The Bertz CT molecular complexity index is 1030. The van der Waals surface area contributed by atoms with Gasteiger partial charge in [0, 0.05) is 22.5 Å². The molecule has 3 rings (SSSR count). The molecule has 3 aromatic carbocycles. The van der Waals surface area contributed by atoms with Gasteiger partial charge in [0.1, 0.15) is 11.5 Å². The molecule has 30 heavy (non-hydrogen) atoms. The molecule has 0 spiro atoms. The quantitative estimate of drug-likeness (QED) is 0.251. The van der Waals surface area contributed by atoms with Crippen LogP contribution in [-0.2, 0) is 0 Å². The van der Waals surface area contributed by atoms with Gasteiger partial charge in [-0.3, -0.25) is 9.59 Å². The van der Waals surface area contributed by atoms with Gasteiger partial charge in [0.15, 0.2) is 0 Å². The second-order valence-electron chi connectivity index (χ2n) is 6.07. The number of aromatic hydroxyl groups is 2. The molecule has 3 aromatic rings. The van der Waals surface area contributed by atoms with E-state index in [2.05, 4.69) is 74.4 Å². The largest absolute Gasteiger partial charge is 0.506 e. The zero-order valence-corrected chi connectivity index (χ0v) is 21.2. The third kappa shape index (κ3) is 5.23. The van der Waals surface area contributed by atoms with Crippen molar-refractivity contribution in [3.05, 3.63) is 77.5 Å². The summed E-state index contributed by atoms with van der Waals surface area (Å²) in [6, 6.07) is 12.7. The predicted octanol–water partition coefficient (Wildman–Crippen LogP) is 6.65. The maximum Gasteiger partial charge on any atom is 0.255 e. The Kier molecular flexibility index (Phi) is 7.22. The van der Waals surface area contributed by atoms with Crippen LogP contribution >= 0.6 is 63.7 Å². The topological polar surface area (TPSA) is 98.7 Å². The minimum atomic E-state index is -0.383. The van der Waals surface area contributed by atoms with Crippen LogP contribution in [0.4, 0.5) is 11.4 Å². The first-order valence-corrected chi connectivity index (χ1v) is 11.4. The minimum Gasteiger partial charge on any atom is -0.506 e. The van der Waals surface area contributed by atoms with E-state index in [1.807, 2.05) is 0 Å². The molecular formula is C20H12Br4N2O4. The number of halogens is 4. The van der Waals surface area contributed by atoms with Gasteiger partial charge in [-0.2, -0.15) is 0 Å². The number of rotatable bonds is 4. The van der Waals surface area contributed by atoms with Crippen molar-refractivity contribution in [2.75, 3.05) is 10.6 Å². The van der Waals surface area contributed by atoms with E-state index in [0.29, 0.717) is 40.4 Å². The molecule has 0 atom stereocenters. The Balaban J connectivity index is 1.76. The van der Waals surface area contributed by atoms with Crippen molar-refractivity contribution in [2.45, 2.75) is 0 Å². The average Bonchev–Trinajstić information content (AvgIpc) is 2.69. The highest BCUT2D eigenvalue weighted by Crippen LogP contribution is 2.34. The van der Waals surface area contributed by atoms with Crippen LogP contribution in [0.15, 0.2) is 66.4 Å². The fourth-order valence-electron chi connectivity index (χ4n) is 2.47. The predicted molar refractivity (Wildman–Crippen MR) is 129 cm³/mol. The number of phenols is 2. The molecular weight excluding hydrogens is 652 g/mol. The van der Waals surface area contributed by atoms with Crippen molar-refractivity contribution < 1.29 is 19.8 Å². The SMILES string of the molecule is O=C(Nc1cccc(NC(=O)c2cc(Br)c(O)c(Br)c2)c1)c1cc(Br)c(O)c(Br)c1. The summed E-state index contributed by atoms with van der Waals surface area (Å²) in [6.07, 6.45) is 0. The monoisotopic (exact) mass is 660 g/mol. The molecule has 0 heterocycles. The molecule has 10 heteroatoms. The highest BCUT2D eigenvalue weighted by Gasteiger charge is 2.14. The number of hydrogen-bond acceptors (Lipinski definition) is 4. The first-order chi connectivity index (χ1) is 14.2. The molecule has 154 valence electrons. The van der Waals surface area contributed by atoms with Crippen molar-refractivity contribution in [2.24, 2.45) is 0 Å². The molecule has 0 bridgehead atoms. The molecule has 0 aliphatic carbocycles. The van der Waals surface area contributed by atoms with Gasteiger partial charge in [-0.15, -0.1) is 0 Å². The zero-order chi connectivity index (χ0) is 22.0. The molecule has 0 unspecified atom stereocenters. The third-order valence-electron chi connectivity index (χ3n) is 3.94. The van der Waals surface area contributed by atoms with Crippen molar-refractivity contribution >= 4 is 86.9 Å². The summed E-state index contributed by atoms with van der Waals surface area (Å²) < 4.78 is 1.53. The standard InChI is InChI=1S/C20H12Br4N2O4/c21-13-4-9(5-14(22)17(13)27)19(29)25-11-2-1-3-12(8-11)26-20(30)10-6-15(23)18(28)16(24)7-10/h1-8,27-28H,(H,25,29)(H,26,30).